The van der Waals surface area contributed by atoms with Crippen molar-refractivity contribution in [2.45, 2.75) is 0 Å². The van der Waals surface area contributed by atoms with E-state index in [0.717, 1.165) is 177 Å². The number of aromatic nitrogens is 12. The number of benzene rings is 19. The summed E-state index contributed by atoms with van der Waals surface area (Å²) in [5.74, 6) is 1.78. The highest BCUT2D eigenvalue weighted by molar-refractivity contribution is 6.19. The fourth-order valence-electron chi connectivity index (χ4n) is 22.0. The van der Waals surface area contributed by atoms with Gasteiger partial charge in [-0.1, -0.05) is 315 Å². The van der Waals surface area contributed by atoms with Gasteiger partial charge in [-0.2, -0.15) is 15.0 Å². The first-order valence-corrected chi connectivity index (χ1v) is 47.4. The van der Waals surface area contributed by atoms with Crippen molar-refractivity contribution in [3.63, 3.8) is 0 Å². The van der Waals surface area contributed by atoms with E-state index in [-0.39, 0.29) is 0 Å². The van der Waals surface area contributed by atoms with Crippen molar-refractivity contribution in [2.24, 2.45) is 0 Å². The van der Waals surface area contributed by atoms with Crippen LogP contribution in [0.3, 0.4) is 0 Å². The molecule has 12 heterocycles. The molecule has 0 amide bonds. The zero-order chi connectivity index (χ0) is 92.4. The summed E-state index contributed by atoms with van der Waals surface area (Å²) in [6.45, 7) is 0. The van der Waals surface area contributed by atoms with E-state index < -0.39 is 0 Å². The summed E-state index contributed by atoms with van der Waals surface area (Å²) in [6, 6.07) is 161. The van der Waals surface area contributed by atoms with Gasteiger partial charge in [0.2, 0.25) is 29.0 Å². The van der Waals surface area contributed by atoms with E-state index in [9.17, 15) is 0 Å². The molecular weight excluding hydrogens is 1730 g/mol. The van der Waals surface area contributed by atoms with Crippen LogP contribution in [0.1, 0.15) is 0 Å². The number of hydrogen-bond donors (Lipinski definition) is 0. The van der Waals surface area contributed by atoms with E-state index >= 15 is 0 Å². The smallest absolute Gasteiger partial charge is 0.238 e. The molecular formula is C126H76N12O3. The van der Waals surface area contributed by atoms with E-state index in [0.29, 0.717) is 34.9 Å². The molecule has 19 aromatic carbocycles. The van der Waals surface area contributed by atoms with Crippen LogP contribution in [-0.2, 0) is 0 Å². The van der Waals surface area contributed by atoms with Gasteiger partial charge < -0.3 is 31.5 Å². The normalized spacial score (nSPS) is 12.0. The van der Waals surface area contributed by atoms with Crippen molar-refractivity contribution in [3.8, 4) is 79.8 Å². The van der Waals surface area contributed by atoms with Crippen LogP contribution in [0.25, 0.3) is 277 Å². The molecule has 0 saturated carbocycles. The number of furan rings is 3. The Bertz CT molecular complexity index is 10400. The Morgan fingerprint density at radius 1 is 0.149 bits per heavy atom. The van der Waals surface area contributed by atoms with Gasteiger partial charge in [-0.05, 0) is 146 Å². The maximum absolute atomic E-state index is 6.45. The number of fused-ring (bicyclic) bond motifs is 27. The van der Waals surface area contributed by atoms with Gasteiger partial charge in [0.05, 0.1) is 99.4 Å². The number of para-hydroxylation sites is 15. The molecule has 0 spiro atoms. The van der Waals surface area contributed by atoms with E-state index in [4.69, 9.17) is 43.2 Å². The molecule has 0 aliphatic carbocycles. The fraction of sp³-hybridized carbons (Fsp3) is 0. The Balaban J connectivity index is 0.000000102. The van der Waals surface area contributed by atoms with Gasteiger partial charge in [0.25, 0.3) is 0 Å². The van der Waals surface area contributed by atoms with Gasteiger partial charge in [0, 0.05) is 126 Å². The molecule has 658 valence electrons. The van der Waals surface area contributed by atoms with Gasteiger partial charge in [-0.15, -0.1) is 0 Å². The summed E-state index contributed by atoms with van der Waals surface area (Å²) in [7, 11) is 0. The summed E-state index contributed by atoms with van der Waals surface area (Å²) in [5, 5.41) is 20.1. The zero-order valence-electron chi connectivity index (χ0n) is 75.5. The SMILES string of the molecule is c1cc(-c2nc(-c3cccc(-n4c5ccccc5c5ccccc54)c3)c3c(n2)oc2ccccc23)cc(-n2c3ccccc3c3ccccc32)c1.c1ccc(-n2c3ccccc3c3cc(-c4nc(-n5c6ccccc6c6ccccc65)nc5oc6ccccc6c45)ccc32)cc1.c1ccc(-n2c3ccccc3c3ccc(-c4nc(-n5c6ccccc6c6ccccc65)nc5oc6ccccc6c45)cc32)cc1. The van der Waals surface area contributed by atoms with Crippen LogP contribution in [0.5, 0.6) is 0 Å². The summed E-state index contributed by atoms with van der Waals surface area (Å²) in [5.41, 5.74) is 28.4. The monoisotopic (exact) mass is 1800 g/mol. The third-order valence-electron chi connectivity index (χ3n) is 28.1. The van der Waals surface area contributed by atoms with E-state index in [1.165, 1.54) is 65.2 Å². The predicted octanol–water partition coefficient (Wildman–Crippen LogP) is 32.4. The number of nitrogens with zero attached hydrogens (tertiary/aromatic N) is 12. The van der Waals surface area contributed by atoms with Gasteiger partial charge in [-0.25, -0.2) is 15.0 Å². The van der Waals surface area contributed by atoms with Crippen LogP contribution in [0, 0.1) is 0 Å². The molecule has 0 saturated heterocycles. The highest BCUT2D eigenvalue weighted by atomic mass is 16.3. The Labute approximate surface area is 803 Å². The van der Waals surface area contributed by atoms with Crippen LogP contribution >= 0.6 is 0 Å². The molecule has 15 nitrogen and oxygen atoms in total. The van der Waals surface area contributed by atoms with E-state index in [1.54, 1.807) is 0 Å². The first-order chi connectivity index (χ1) is 70.0. The lowest BCUT2D eigenvalue weighted by atomic mass is 10.0. The second-order valence-corrected chi connectivity index (χ2v) is 35.9. The highest BCUT2D eigenvalue weighted by Crippen LogP contribution is 2.47. The quantitative estimate of drug-likeness (QED) is 0.131. The van der Waals surface area contributed by atoms with Crippen molar-refractivity contribution >= 4 is 197 Å². The van der Waals surface area contributed by atoms with Crippen LogP contribution in [-0.4, -0.2) is 57.3 Å². The minimum absolute atomic E-state index is 0.570. The Kier molecular flexibility index (Phi) is 17.7. The Hall–Kier alpha value is -19.4. The molecule has 0 N–H and O–H groups in total. The zero-order valence-corrected chi connectivity index (χ0v) is 75.5. The maximum Gasteiger partial charge on any atom is 0.238 e. The molecule has 0 bridgehead atoms. The molecule has 12 aromatic heterocycles. The first kappa shape index (κ1) is 79.0. The average molecular weight is 1810 g/mol. The molecule has 0 unspecified atom stereocenters. The average Bonchev–Trinajstić information content (AvgIpc) is 1.57. The van der Waals surface area contributed by atoms with E-state index in [1.807, 2.05) is 54.6 Å². The molecule has 0 aliphatic rings. The van der Waals surface area contributed by atoms with Crippen molar-refractivity contribution in [3.05, 3.63) is 461 Å². The maximum atomic E-state index is 6.45. The predicted molar refractivity (Wildman–Crippen MR) is 576 cm³/mol. The topological polar surface area (TPSA) is 146 Å². The third-order valence-corrected chi connectivity index (χ3v) is 28.1. The molecule has 31 aromatic rings. The highest BCUT2D eigenvalue weighted by Gasteiger charge is 2.28. The van der Waals surface area contributed by atoms with Crippen LogP contribution in [0.2, 0.25) is 0 Å². The molecule has 31 rings (SSSR count). The second-order valence-electron chi connectivity index (χ2n) is 35.9. The largest absolute Gasteiger partial charge is 0.438 e. The minimum Gasteiger partial charge on any atom is -0.438 e. The fourth-order valence-corrected chi connectivity index (χ4v) is 22.0. The standard InChI is InChI=1S/C46H28N4O.2C40H24N4O/c1-6-22-38-33(17-1)34-18-2-7-23-39(34)49(38)31-15-11-13-29(27-31)44-43-37-21-5-10-26-42(37)51-46(43)48-45(47-44)30-14-12-16-32(28-30)50-40-24-8-3-19-35(40)36-20-4-9-25-41(36)50;1-2-12-26(13-3-1)43-32-18-8-6-16-29(32)31-24-25(22-23-35(31)43)38-37-30-17-7-11-21-36(30)45-39(37)42-40(41-38)44-33-19-9-4-14-27(33)28-15-5-10-20-34(28)44;1-2-12-26(13-3-1)43-32-18-8-4-16-29(32)30-23-22-25(24-35(30)43)38-37-31-17-7-11-21-36(31)45-39(37)42-40(41-38)44-33-19-9-5-14-27(33)28-15-6-10-20-34(28)44/h1-28H;2*1-24H. The lowest BCUT2D eigenvalue weighted by molar-refractivity contribution is 0.651. The van der Waals surface area contributed by atoms with Crippen molar-refractivity contribution in [2.75, 3.05) is 0 Å². The summed E-state index contributed by atoms with van der Waals surface area (Å²) in [4.78, 5) is 31.4. The van der Waals surface area contributed by atoms with Crippen LogP contribution in [0.15, 0.2) is 474 Å². The lowest BCUT2D eigenvalue weighted by Crippen LogP contribution is -2.03. The summed E-state index contributed by atoms with van der Waals surface area (Å²) in [6.07, 6.45) is 0. The number of hydrogen-bond acceptors (Lipinski definition) is 9. The van der Waals surface area contributed by atoms with Crippen molar-refractivity contribution in [1.82, 2.24) is 57.3 Å². The van der Waals surface area contributed by atoms with Gasteiger partial charge in [-0.3, -0.25) is 9.13 Å². The van der Waals surface area contributed by atoms with Crippen LogP contribution < -0.4 is 0 Å². The molecule has 0 atom stereocenters. The Morgan fingerprint density at radius 3 is 0.787 bits per heavy atom. The van der Waals surface area contributed by atoms with E-state index in [2.05, 4.69) is 434 Å². The van der Waals surface area contributed by atoms with Gasteiger partial charge in [0.1, 0.15) is 16.7 Å². The van der Waals surface area contributed by atoms with Crippen molar-refractivity contribution in [1.29, 1.82) is 0 Å². The molecule has 15 heteroatoms. The molecule has 141 heavy (non-hydrogen) atoms. The first-order valence-electron chi connectivity index (χ1n) is 47.4. The number of rotatable bonds is 10. The van der Waals surface area contributed by atoms with Gasteiger partial charge in [0.15, 0.2) is 5.82 Å². The van der Waals surface area contributed by atoms with Gasteiger partial charge >= 0.3 is 0 Å². The lowest BCUT2D eigenvalue weighted by Gasteiger charge is -2.12. The third kappa shape index (κ3) is 12.4. The second kappa shape index (κ2) is 31.6. The molecule has 0 fully saturated rings. The summed E-state index contributed by atoms with van der Waals surface area (Å²) < 4.78 is 33.0. The molecule has 0 radical (unpaired) electrons. The molecule has 0 aliphatic heterocycles. The Morgan fingerprint density at radius 2 is 0.404 bits per heavy atom. The minimum atomic E-state index is 0.570. The van der Waals surface area contributed by atoms with Crippen molar-refractivity contribution < 1.29 is 13.3 Å². The van der Waals surface area contributed by atoms with Crippen LogP contribution in [0.4, 0.5) is 0 Å². The summed E-state index contributed by atoms with van der Waals surface area (Å²) >= 11 is 0.